The minimum Gasteiger partial charge on any atom is -0.486 e. The maximum absolute atomic E-state index is 12.6. The number of hydrogen-bond acceptors (Lipinski definition) is 5. The van der Waals surface area contributed by atoms with Crippen LogP contribution >= 0.6 is 0 Å². The number of aromatic nitrogens is 3. The predicted molar refractivity (Wildman–Crippen MR) is 104 cm³/mol. The van der Waals surface area contributed by atoms with E-state index >= 15 is 0 Å². The molecular weight excluding hydrogens is 358 g/mol. The number of ether oxygens (including phenoxy) is 2. The third-order valence-electron chi connectivity index (χ3n) is 5.52. The summed E-state index contributed by atoms with van der Waals surface area (Å²) in [5.41, 5.74) is 2.71. The molecular formula is C21H21N3O4. The van der Waals surface area contributed by atoms with Crippen molar-refractivity contribution in [3.63, 3.8) is 0 Å². The van der Waals surface area contributed by atoms with Crippen molar-refractivity contribution in [3.05, 3.63) is 61.9 Å². The van der Waals surface area contributed by atoms with Gasteiger partial charge in [-0.3, -0.25) is 14.3 Å². The van der Waals surface area contributed by atoms with Crippen LogP contribution in [-0.4, -0.2) is 27.7 Å². The molecule has 0 radical (unpaired) electrons. The Hall–Kier alpha value is -3.09. The molecule has 0 saturated heterocycles. The van der Waals surface area contributed by atoms with Crippen LogP contribution in [0.2, 0.25) is 0 Å². The molecule has 0 fully saturated rings. The molecule has 0 amide bonds. The smallest absolute Gasteiger partial charge is 0.330 e. The number of hydrogen-bond donors (Lipinski definition) is 1. The zero-order valence-corrected chi connectivity index (χ0v) is 15.5. The van der Waals surface area contributed by atoms with Crippen LogP contribution in [0, 0.1) is 0 Å². The maximum atomic E-state index is 12.6. The van der Waals surface area contributed by atoms with E-state index < -0.39 is 5.69 Å². The first-order chi connectivity index (χ1) is 13.7. The number of aromatic amines is 1. The van der Waals surface area contributed by atoms with Gasteiger partial charge in [-0.15, -0.1) is 0 Å². The number of aryl methyl sites for hydroxylation is 2. The number of nitrogens with one attached hydrogen (secondary N) is 1. The highest BCUT2D eigenvalue weighted by Crippen LogP contribution is 2.31. The van der Waals surface area contributed by atoms with Crippen molar-refractivity contribution in [2.75, 3.05) is 13.2 Å². The zero-order valence-electron chi connectivity index (χ0n) is 15.5. The lowest BCUT2D eigenvalue weighted by molar-refractivity contribution is 0.171. The molecule has 3 heterocycles. The molecule has 3 aromatic rings. The number of fused-ring (bicyclic) bond motifs is 4. The second-order valence-electron chi connectivity index (χ2n) is 7.34. The van der Waals surface area contributed by atoms with Crippen LogP contribution in [0.25, 0.3) is 11.0 Å². The van der Waals surface area contributed by atoms with E-state index in [1.807, 2.05) is 24.4 Å². The Morgan fingerprint density at radius 2 is 1.86 bits per heavy atom. The van der Waals surface area contributed by atoms with Gasteiger partial charge in [-0.05, 0) is 54.5 Å². The molecule has 1 aliphatic heterocycles. The summed E-state index contributed by atoms with van der Waals surface area (Å²) in [4.78, 5) is 32.2. The van der Waals surface area contributed by atoms with Gasteiger partial charge in [-0.1, -0.05) is 12.5 Å². The quantitative estimate of drug-likeness (QED) is 0.690. The van der Waals surface area contributed by atoms with Crippen molar-refractivity contribution in [2.24, 2.45) is 0 Å². The first-order valence-corrected chi connectivity index (χ1v) is 9.73. The molecule has 7 nitrogen and oxygen atoms in total. The van der Waals surface area contributed by atoms with E-state index in [1.165, 1.54) is 4.57 Å². The predicted octanol–water partition coefficient (Wildman–Crippen LogP) is 2.17. The van der Waals surface area contributed by atoms with E-state index in [0.29, 0.717) is 42.3 Å². The second-order valence-corrected chi connectivity index (χ2v) is 7.34. The van der Waals surface area contributed by atoms with Gasteiger partial charge < -0.3 is 9.47 Å². The van der Waals surface area contributed by atoms with Crippen LogP contribution in [0.4, 0.5) is 0 Å². The van der Waals surface area contributed by atoms with Gasteiger partial charge in [0.2, 0.25) is 0 Å². The molecule has 1 aromatic carbocycles. The van der Waals surface area contributed by atoms with Crippen molar-refractivity contribution in [1.82, 2.24) is 14.5 Å². The van der Waals surface area contributed by atoms with Gasteiger partial charge in [0.1, 0.15) is 18.9 Å². The van der Waals surface area contributed by atoms with Gasteiger partial charge in [-0.2, -0.15) is 0 Å². The lowest BCUT2D eigenvalue weighted by Gasteiger charge is -2.19. The van der Waals surface area contributed by atoms with Crippen LogP contribution < -0.4 is 20.7 Å². The standard InChI is InChI=1S/C21H21N3O4/c25-20-18-15-5-3-1-2-4-14(15)11-22-19(18)24(21(26)23-20)12-13-6-7-16-17(10-13)28-9-8-27-16/h6-7,10-11H,1-5,8-9,12H2,(H,23,25,26). The van der Waals surface area contributed by atoms with Crippen LogP contribution in [0.15, 0.2) is 34.0 Å². The van der Waals surface area contributed by atoms with Gasteiger partial charge in [0.15, 0.2) is 11.5 Å². The Balaban J connectivity index is 1.64. The Kier molecular flexibility index (Phi) is 4.15. The van der Waals surface area contributed by atoms with Crippen molar-refractivity contribution >= 4 is 11.0 Å². The molecule has 0 spiro atoms. The molecule has 5 rings (SSSR count). The summed E-state index contributed by atoms with van der Waals surface area (Å²) in [6, 6.07) is 5.63. The molecule has 28 heavy (non-hydrogen) atoms. The van der Waals surface area contributed by atoms with Crippen molar-refractivity contribution in [2.45, 2.75) is 38.6 Å². The highest BCUT2D eigenvalue weighted by atomic mass is 16.6. The average molecular weight is 379 g/mol. The second kappa shape index (κ2) is 6.82. The molecule has 144 valence electrons. The monoisotopic (exact) mass is 379 g/mol. The maximum Gasteiger partial charge on any atom is 0.330 e. The van der Waals surface area contributed by atoms with Gasteiger partial charge in [0, 0.05) is 6.20 Å². The van der Waals surface area contributed by atoms with Gasteiger partial charge >= 0.3 is 5.69 Å². The lowest BCUT2D eigenvalue weighted by Crippen LogP contribution is -2.32. The number of rotatable bonds is 2. The Bertz CT molecular complexity index is 1180. The fourth-order valence-electron chi connectivity index (χ4n) is 4.15. The van der Waals surface area contributed by atoms with E-state index in [-0.39, 0.29) is 5.56 Å². The van der Waals surface area contributed by atoms with Crippen LogP contribution in [0.5, 0.6) is 11.5 Å². The summed E-state index contributed by atoms with van der Waals surface area (Å²) >= 11 is 0. The first kappa shape index (κ1) is 17.0. The number of H-pyrrole nitrogens is 1. The van der Waals surface area contributed by atoms with Gasteiger partial charge in [-0.25, -0.2) is 9.78 Å². The summed E-state index contributed by atoms with van der Waals surface area (Å²) in [7, 11) is 0. The molecule has 1 aliphatic carbocycles. The topological polar surface area (TPSA) is 86.2 Å². The van der Waals surface area contributed by atoms with E-state index in [1.54, 1.807) is 0 Å². The minimum atomic E-state index is -0.450. The van der Waals surface area contributed by atoms with Crippen molar-refractivity contribution in [3.8, 4) is 11.5 Å². The first-order valence-electron chi connectivity index (χ1n) is 9.73. The fourth-order valence-corrected chi connectivity index (χ4v) is 4.15. The summed E-state index contributed by atoms with van der Waals surface area (Å²) in [6.45, 7) is 1.34. The number of pyridine rings is 1. The summed E-state index contributed by atoms with van der Waals surface area (Å²) in [6.07, 6.45) is 6.91. The molecule has 1 N–H and O–H groups in total. The van der Waals surface area contributed by atoms with E-state index in [4.69, 9.17) is 9.47 Å². The normalized spacial score (nSPS) is 15.9. The summed E-state index contributed by atoms with van der Waals surface area (Å²) in [5, 5.41) is 0.552. The highest BCUT2D eigenvalue weighted by molar-refractivity contribution is 5.79. The third kappa shape index (κ3) is 2.87. The zero-order chi connectivity index (χ0) is 19.1. The number of benzene rings is 1. The molecule has 0 saturated carbocycles. The molecule has 2 aromatic heterocycles. The Labute approximate surface area is 160 Å². The van der Waals surface area contributed by atoms with E-state index in [9.17, 15) is 9.59 Å². The highest BCUT2D eigenvalue weighted by Gasteiger charge is 2.19. The molecule has 0 atom stereocenters. The number of nitrogens with zero attached hydrogens (tertiary/aromatic N) is 2. The van der Waals surface area contributed by atoms with E-state index in [0.717, 1.165) is 48.8 Å². The summed E-state index contributed by atoms with van der Waals surface area (Å²) in [5.74, 6) is 1.38. The van der Waals surface area contributed by atoms with Gasteiger partial charge in [0.05, 0.1) is 11.9 Å². The van der Waals surface area contributed by atoms with Crippen LogP contribution in [0.1, 0.15) is 36.0 Å². The van der Waals surface area contributed by atoms with Crippen molar-refractivity contribution in [1.29, 1.82) is 0 Å². The minimum absolute atomic E-state index is 0.300. The molecule has 0 unspecified atom stereocenters. The fraction of sp³-hybridized carbons (Fsp3) is 0.381. The molecule has 0 bridgehead atoms. The molecule has 2 aliphatic rings. The van der Waals surface area contributed by atoms with E-state index in [2.05, 4.69) is 9.97 Å². The largest absolute Gasteiger partial charge is 0.486 e. The van der Waals surface area contributed by atoms with Crippen LogP contribution in [0.3, 0.4) is 0 Å². The Morgan fingerprint density at radius 3 is 2.75 bits per heavy atom. The van der Waals surface area contributed by atoms with Crippen LogP contribution in [-0.2, 0) is 19.4 Å². The summed E-state index contributed by atoms with van der Waals surface area (Å²) < 4.78 is 12.7. The third-order valence-corrected chi connectivity index (χ3v) is 5.52. The Morgan fingerprint density at radius 1 is 1.04 bits per heavy atom. The average Bonchev–Trinajstić information content (AvgIpc) is 2.96. The van der Waals surface area contributed by atoms with Gasteiger partial charge in [0.25, 0.3) is 5.56 Å². The lowest BCUT2D eigenvalue weighted by atomic mass is 10.0. The molecule has 7 heteroatoms. The van der Waals surface area contributed by atoms with Crippen molar-refractivity contribution < 1.29 is 9.47 Å². The SMILES string of the molecule is O=c1[nH]c(=O)n(Cc2ccc3c(c2)OCCO3)c2ncc3c(c12)CCCCC3.